The van der Waals surface area contributed by atoms with E-state index < -0.39 is 16.6 Å². The summed E-state index contributed by atoms with van der Waals surface area (Å²) in [7, 11) is 0. The zero-order valence-electron chi connectivity index (χ0n) is 12.4. The molecule has 0 spiro atoms. The van der Waals surface area contributed by atoms with Gasteiger partial charge in [0.05, 0.1) is 4.92 Å². The number of rotatable bonds is 4. The predicted molar refractivity (Wildman–Crippen MR) is 76.2 cm³/mol. The molecule has 0 fully saturated rings. The maximum atomic E-state index is 11.5. The number of ketones is 1. The molecule has 7 heteroatoms. The highest BCUT2D eigenvalue weighted by atomic mass is 16.6. The number of carbonyl (C=O) groups excluding carboxylic acids is 2. The Morgan fingerprint density at radius 3 is 2.38 bits per heavy atom. The average molecular weight is 294 g/mol. The lowest BCUT2D eigenvalue weighted by Crippen LogP contribution is -2.32. The number of alkyl carbamates (subject to hydrolysis) is 1. The second-order valence-corrected chi connectivity index (χ2v) is 5.56. The molecule has 1 amide bonds. The Bertz CT molecular complexity index is 543. The van der Waals surface area contributed by atoms with Crippen LogP contribution in [-0.4, -0.2) is 22.4 Å². The molecule has 0 heterocycles. The monoisotopic (exact) mass is 294 g/mol. The number of nitrogens with zero attached hydrogens (tertiary/aromatic N) is 1. The first-order valence-corrected chi connectivity index (χ1v) is 6.34. The van der Waals surface area contributed by atoms with E-state index in [0.717, 1.165) is 0 Å². The number of nitro groups is 1. The first-order valence-electron chi connectivity index (χ1n) is 6.34. The van der Waals surface area contributed by atoms with Crippen molar-refractivity contribution in [3.05, 3.63) is 39.4 Å². The molecule has 1 aromatic carbocycles. The van der Waals surface area contributed by atoms with Gasteiger partial charge in [0.2, 0.25) is 0 Å². The number of amides is 1. The van der Waals surface area contributed by atoms with Crippen LogP contribution in [0.2, 0.25) is 0 Å². The van der Waals surface area contributed by atoms with Crippen LogP contribution in [0.4, 0.5) is 10.5 Å². The summed E-state index contributed by atoms with van der Waals surface area (Å²) in [6.07, 6.45) is -0.626. The lowest BCUT2D eigenvalue weighted by molar-refractivity contribution is -0.384. The van der Waals surface area contributed by atoms with Crippen molar-refractivity contribution in [3.63, 3.8) is 0 Å². The number of nitrogens with one attached hydrogen (secondary N) is 1. The fraction of sp³-hybridized carbons (Fsp3) is 0.429. The number of hydrogen-bond donors (Lipinski definition) is 1. The molecule has 0 unspecified atom stereocenters. The van der Waals surface area contributed by atoms with Crippen molar-refractivity contribution >= 4 is 17.6 Å². The molecule has 114 valence electrons. The van der Waals surface area contributed by atoms with E-state index in [1.165, 1.54) is 25.1 Å². The van der Waals surface area contributed by atoms with E-state index in [0.29, 0.717) is 5.56 Å². The summed E-state index contributed by atoms with van der Waals surface area (Å²) in [4.78, 5) is 33.2. The van der Waals surface area contributed by atoms with Crippen molar-refractivity contribution in [2.75, 3.05) is 0 Å². The minimum atomic E-state index is -0.628. The van der Waals surface area contributed by atoms with Crippen LogP contribution in [-0.2, 0) is 11.3 Å². The molecule has 0 radical (unpaired) electrons. The average Bonchev–Trinajstić information content (AvgIpc) is 2.33. The molecule has 0 saturated carbocycles. The van der Waals surface area contributed by atoms with Gasteiger partial charge in [-0.2, -0.15) is 0 Å². The van der Waals surface area contributed by atoms with Crippen LogP contribution in [0.25, 0.3) is 0 Å². The van der Waals surface area contributed by atoms with Crippen molar-refractivity contribution in [1.29, 1.82) is 0 Å². The SMILES string of the molecule is CC(=O)c1cc(CNC(=O)OC(C)(C)C)cc([N+](=O)[O-])c1. The van der Waals surface area contributed by atoms with Gasteiger partial charge in [-0.3, -0.25) is 14.9 Å². The minimum Gasteiger partial charge on any atom is -0.444 e. The van der Waals surface area contributed by atoms with E-state index in [-0.39, 0.29) is 23.6 Å². The van der Waals surface area contributed by atoms with Gasteiger partial charge in [0.1, 0.15) is 5.60 Å². The highest BCUT2D eigenvalue weighted by Crippen LogP contribution is 2.18. The first-order chi connectivity index (χ1) is 9.58. The zero-order chi connectivity index (χ0) is 16.2. The molecule has 0 aliphatic carbocycles. The van der Waals surface area contributed by atoms with Crippen LogP contribution in [0.3, 0.4) is 0 Å². The van der Waals surface area contributed by atoms with Crippen molar-refractivity contribution in [2.24, 2.45) is 0 Å². The molecule has 0 atom stereocenters. The van der Waals surface area contributed by atoms with Crippen molar-refractivity contribution in [1.82, 2.24) is 5.32 Å². The van der Waals surface area contributed by atoms with Crippen molar-refractivity contribution in [2.45, 2.75) is 39.8 Å². The summed E-state index contributed by atoms with van der Waals surface area (Å²) in [5.74, 6) is -0.280. The van der Waals surface area contributed by atoms with Gasteiger partial charge in [0, 0.05) is 24.2 Å². The number of ether oxygens (including phenoxy) is 1. The lowest BCUT2D eigenvalue weighted by Gasteiger charge is -2.19. The second kappa shape index (κ2) is 6.34. The van der Waals surface area contributed by atoms with Crippen molar-refractivity contribution in [3.8, 4) is 0 Å². The van der Waals surface area contributed by atoms with Crippen LogP contribution in [0.15, 0.2) is 18.2 Å². The van der Waals surface area contributed by atoms with Gasteiger partial charge in [-0.1, -0.05) is 0 Å². The quantitative estimate of drug-likeness (QED) is 0.523. The summed E-state index contributed by atoms with van der Waals surface area (Å²) in [5.41, 5.74) is -0.133. The van der Waals surface area contributed by atoms with Gasteiger partial charge in [-0.25, -0.2) is 4.79 Å². The molecule has 1 rings (SSSR count). The molecular formula is C14H18N2O5. The van der Waals surface area contributed by atoms with E-state index in [1.807, 2.05) is 0 Å². The first kappa shape index (κ1) is 16.6. The summed E-state index contributed by atoms with van der Waals surface area (Å²) < 4.78 is 5.06. The van der Waals surface area contributed by atoms with Crippen LogP contribution < -0.4 is 5.32 Å². The van der Waals surface area contributed by atoms with Gasteiger partial charge in [-0.15, -0.1) is 0 Å². The molecule has 0 aliphatic heterocycles. The Kier molecular flexibility index (Phi) is 5.02. The highest BCUT2D eigenvalue weighted by molar-refractivity contribution is 5.94. The fourth-order valence-electron chi connectivity index (χ4n) is 1.57. The van der Waals surface area contributed by atoms with Gasteiger partial charge in [0.15, 0.2) is 5.78 Å². The molecule has 21 heavy (non-hydrogen) atoms. The van der Waals surface area contributed by atoms with Gasteiger partial charge in [0.25, 0.3) is 5.69 Å². The second-order valence-electron chi connectivity index (χ2n) is 5.56. The van der Waals surface area contributed by atoms with Crippen LogP contribution >= 0.6 is 0 Å². The third-order valence-corrected chi connectivity index (χ3v) is 2.43. The van der Waals surface area contributed by atoms with E-state index >= 15 is 0 Å². The topological polar surface area (TPSA) is 98.5 Å². The Hall–Kier alpha value is -2.44. The normalized spacial score (nSPS) is 10.9. The van der Waals surface area contributed by atoms with E-state index in [2.05, 4.69) is 5.32 Å². The number of Topliss-reactive ketones (excluding diaryl/α,β-unsaturated/α-hetero) is 1. The number of benzene rings is 1. The number of non-ortho nitro benzene ring substituents is 1. The van der Waals surface area contributed by atoms with Crippen molar-refractivity contribution < 1.29 is 19.2 Å². The van der Waals surface area contributed by atoms with Crippen LogP contribution in [0.1, 0.15) is 43.6 Å². The summed E-state index contributed by atoms with van der Waals surface area (Å²) in [6.45, 7) is 6.55. The predicted octanol–water partition coefficient (Wildman–Crippen LogP) is 2.82. The fourth-order valence-corrected chi connectivity index (χ4v) is 1.57. The van der Waals surface area contributed by atoms with E-state index in [4.69, 9.17) is 4.74 Å². The molecule has 7 nitrogen and oxygen atoms in total. The Labute approximate surface area is 122 Å². The third kappa shape index (κ3) is 5.60. The Morgan fingerprint density at radius 1 is 1.29 bits per heavy atom. The molecule has 0 saturated heterocycles. The summed E-state index contributed by atoms with van der Waals surface area (Å²) in [5, 5.41) is 13.3. The highest BCUT2D eigenvalue weighted by Gasteiger charge is 2.17. The molecule has 1 aromatic rings. The largest absolute Gasteiger partial charge is 0.444 e. The Morgan fingerprint density at radius 2 is 1.90 bits per heavy atom. The number of nitro benzene ring substituents is 1. The van der Waals surface area contributed by atoms with Gasteiger partial charge in [-0.05, 0) is 39.3 Å². The van der Waals surface area contributed by atoms with Crippen LogP contribution in [0, 0.1) is 10.1 Å². The molecular weight excluding hydrogens is 276 g/mol. The van der Waals surface area contributed by atoms with Gasteiger partial charge >= 0.3 is 6.09 Å². The zero-order valence-corrected chi connectivity index (χ0v) is 12.4. The molecule has 0 bridgehead atoms. The van der Waals surface area contributed by atoms with Crippen LogP contribution in [0.5, 0.6) is 0 Å². The molecule has 0 aromatic heterocycles. The minimum absolute atomic E-state index is 0.0386. The van der Waals surface area contributed by atoms with E-state index in [1.54, 1.807) is 20.8 Å². The van der Waals surface area contributed by atoms with E-state index in [9.17, 15) is 19.7 Å². The number of carbonyl (C=O) groups is 2. The Balaban J connectivity index is 2.86. The standard InChI is InChI=1S/C14H18N2O5/c1-9(17)11-5-10(6-12(7-11)16(19)20)8-15-13(18)21-14(2,3)4/h5-7H,8H2,1-4H3,(H,15,18). The maximum absolute atomic E-state index is 11.5. The smallest absolute Gasteiger partial charge is 0.407 e. The third-order valence-electron chi connectivity index (χ3n) is 2.43. The lowest BCUT2D eigenvalue weighted by atomic mass is 10.1. The summed E-state index contributed by atoms with van der Waals surface area (Å²) >= 11 is 0. The molecule has 0 aliphatic rings. The number of hydrogen-bond acceptors (Lipinski definition) is 5. The summed E-state index contributed by atoms with van der Waals surface area (Å²) in [6, 6.07) is 4.02. The van der Waals surface area contributed by atoms with Gasteiger partial charge < -0.3 is 10.1 Å². The molecule has 1 N–H and O–H groups in total. The maximum Gasteiger partial charge on any atom is 0.407 e.